The van der Waals surface area contributed by atoms with Gasteiger partial charge >= 0.3 is 0 Å². The molecule has 0 aromatic rings. The van der Waals surface area contributed by atoms with E-state index in [1.807, 2.05) is 0 Å². The van der Waals surface area contributed by atoms with Crippen LogP contribution < -0.4 is 11.1 Å². The molecule has 5 heteroatoms. The molecular formula is C13H25N3O2. The Bertz CT molecular complexity index is 313. The summed E-state index contributed by atoms with van der Waals surface area (Å²) in [5.41, 5.74) is 5.50. The van der Waals surface area contributed by atoms with E-state index in [1.54, 1.807) is 0 Å². The summed E-state index contributed by atoms with van der Waals surface area (Å²) >= 11 is 0. The molecule has 0 radical (unpaired) electrons. The molecule has 1 fully saturated rings. The van der Waals surface area contributed by atoms with E-state index in [0.717, 1.165) is 32.1 Å². The van der Waals surface area contributed by atoms with Crippen molar-refractivity contribution < 1.29 is 10.0 Å². The zero-order valence-electron chi connectivity index (χ0n) is 11.4. The summed E-state index contributed by atoms with van der Waals surface area (Å²) in [7, 11) is 0. The van der Waals surface area contributed by atoms with Crippen molar-refractivity contribution in [3.8, 4) is 0 Å². The van der Waals surface area contributed by atoms with Crippen molar-refractivity contribution in [2.24, 2.45) is 22.2 Å². The molecule has 0 aromatic heterocycles. The molecule has 1 atom stereocenters. The highest BCUT2D eigenvalue weighted by molar-refractivity contribution is 5.80. The lowest BCUT2D eigenvalue weighted by atomic mass is 9.81. The van der Waals surface area contributed by atoms with E-state index in [4.69, 9.17) is 10.9 Å². The van der Waals surface area contributed by atoms with Gasteiger partial charge in [-0.25, -0.2) is 0 Å². The first-order valence-corrected chi connectivity index (χ1v) is 6.71. The van der Waals surface area contributed by atoms with E-state index < -0.39 is 0 Å². The normalized spacial score (nSPS) is 23.0. The third kappa shape index (κ3) is 4.20. The van der Waals surface area contributed by atoms with Gasteiger partial charge in [0.2, 0.25) is 5.91 Å². The van der Waals surface area contributed by atoms with Gasteiger partial charge in [-0.15, -0.1) is 0 Å². The van der Waals surface area contributed by atoms with Crippen molar-refractivity contribution in [1.29, 1.82) is 0 Å². The summed E-state index contributed by atoms with van der Waals surface area (Å²) in [6, 6.07) is 0. The first-order chi connectivity index (χ1) is 8.47. The van der Waals surface area contributed by atoms with Crippen molar-refractivity contribution in [3.63, 3.8) is 0 Å². The molecule has 4 N–H and O–H groups in total. The van der Waals surface area contributed by atoms with Crippen LogP contribution in [-0.4, -0.2) is 23.5 Å². The van der Waals surface area contributed by atoms with Gasteiger partial charge in [0, 0.05) is 18.9 Å². The molecule has 1 aliphatic rings. The molecule has 1 aliphatic carbocycles. The van der Waals surface area contributed by atoms with Gasteiger partial charge in [-0.1, -0.05) is 25.4 Å². The summed E-state index contributed by atoms with van der Waals surface area (Å²) in [5.74, 6) is 0.584. The van der Waals surface area contributed by atoms with Crippen molar-refractivity contribution in [2.75, 3.05) is 6.54 Å². The van der Waals surface area contributed by atoms with Crippen LogP contribution in [0.1, 0.15) is 52.4 Å². The van der Waals surface area contributed by atoms with Crippen molar-refractivity contribution in [3.05, 3.63) is 0 Å². The highest BCUT2D eigenvalue weighted by Gasteiger charge is 2.38. The highest BCUT2D eigenvalue weighted by Crippen LogP contribution is 2.42. The summed E-state index contributed by atoms with van der Waals surface area (Å²) in [6.07, 6.45) is 5.53. The molecule has 5 nitrogen and oxygen atoms in total. The number of hydrogen-bond acceptors (Lipinski definition) is 3. The molecule has 0 aromatic carbocycles. The van der Waals surface area contributed by atoms with E-state index in [0.29, 0.717) is 13.0 Å². The Hall–Kier alpha value is -1.26. The van der Waals surface area contributed by atoms with Crippen LogP contribution in [0, 0.1) is 11.3 Å². The Labute approximate surface area is 109 Å². The number of rotatable bonds is 6. The lowest BCUT2D eigenvalue weighted by Crippen LogP contribution is -2.36. The topological polar surface area (TPSA) is 87.7 Å². The fourth-order valence-electron chi connectivity index (χ4n) is 2.63. The van der Waals surface area contributed by atoms with Crippen LogP contribution in [0.4, 0.5) is 0 Å². The molecule has 1 amide bonds. The SMILES string of the molecule is CC1(C)CCCC1C(=O)NCCCCC(N)=NO. The maximum atomic E-state index is 12.0. The number of carbonyl (C=O) groups is 1. The van der Waals surface area contributed by atoms with Gasteiger partial charge in [0.25, 0.3) is 0 Å². The minimum absolute atomic E-state index is 0.137. The fraction of sp³-hybridized carbons (Fsp3) is 0.846. The van der Waals surface area contributed by atoms with Gasteiger partial charge in [0.15, 0.2) is 0 Å². The molecule has 0 bridgehead atoms. The third-order valence-corrected chi connectivity index (χ3v) is 3.86. The quantitative estimate of drug-likeness (QED) is 0.222. The fourth-order valence-corrected chi connectivity index (χ4v) is 2.63. The third-order valence-electron chi connectivity index (χ3n) is 3.86. The van der Waals surface area contributed by atoms with Crippen LogP contribution >= 0.6 is 0 Å². The predicted octanol–water partition coefficient (Wildman–Crippen LogP) is 1.85. The molecule has 0 heterocycles. The van der Waals surface area contributed by atoms with Crippen LogP contribution in [0.2, 0.25) is 0 Å². The summed E-state index contributed by atoms with van der Waals surface area (Å²) in [6.45, 7) is 5.01. The smallest absolute Gasteiger partial charge is 0.223 e. The summed E-state index contributed by atoms with van der Waals surface area (Å²) in [4.78, 5) is 12.0. The second-order valence-corrected chi connectivity index (χ2v) is 5.77. The van der Waals surface area contributed by atoms with Crippen molar-refractivity contribution in [1.82, 2.24) is 5.32 Å². The molecular weight excluding hydrogens is 230 g/mol. The second-order valence-electron chi connectivity index (χ2n) is 5.77. The van der Waals surface area contributed by atoms with E-state index in [1.165, 1.54) is 0 Å². The Kier molecular flexibility index (Phi) is 5.44. The zero-order chi connectivity index (χ0) is 13.6. The van der Waals surface area contributed by atoms with E-state index in [2.05, 4.69) is 24.3 Å². The second kappa shape index (κ2) is 6.61. The summed E-state index contributed by atoms with van der Waals surface area (Å²) < 4.78 is 0. The maximum absolute atomic E-state index is 12.0. The average molecular weight is 255 g/mol. The molecule has 1 unspecified atom stereocenters. The van der Waals surface area contributed by atoms with Crippen LogP contribution in [0.5, 0.6) is 0 Å². The number of amides is 1. The number of hydrogen-bond donors (Lipinski definition) is 3. The van der Waals surface area contributed by atoms with Crippen molar-refractivity contribution in [2.45, 2.75) is 52.4 Å². The van der Waals surface area contributed by atoms with Gasteiger partial charge in [-0.3, -0.25) is 4.79 Å². The van der Waals surface area contributed by atoms with Gasteiger partial charge in [-0.2, -0.15) is 0 Å². The first-order valence-electron chi connectivity index (χ1n) is 6.71. The molecule has 0 saturated heterocycles. The van der Waals surface area contributed by atoms with Crippen molar-refractivity contribution >= 4 is 11.7 Å². The number of amidine groups is 1. The lowest BCUT2D eigenvalue weighted by Gasteiger charge is -2.25. The van der Waals surface area contributed by atoms with Crippen LogP contribution in [0.3, 0.4) is 0 Å². The first kappa shape index (κ1) is 14.8. The van der Waals surface area contributed by atoms with Gasteiger partial charge < -0.3 is 16.3 Å². The standard InChI is InChI=1S/C13H25N3O2/c1-13(2)8-5-6-10(13)12(17)15-9-4-3-7-11(14)16-18/h10,18H,3-9H2,1-2H3,(H2,14,16)(H,15,17). The van der Waals surface area contributed by atoms with Gasteiger partial charge in [0.1, 0.15) is 5.84 Å². The molecule has 1 saturated carbocycles. The Morgan fingerprint density at radius 1 is 1.50 bits per heavy atom. The van der Waals surface area contributed by atoms with E-state index in [-0.39, 0.29) is 23.1 Å². The number of oxime groups is 1. The molecule has 1 rings (SSSR count). The van der Waals surface area contributed by atoms with Crippen LogP contribution in [-0.2, 0) is 4.79 Å². The van der Waals surface area contributed by atoms with E-state index in [9.17, 15) is 4.79 Å². The van der Waals surface area contributed by atoms with Crippen LogP contribution in [0.15, 0.2) is 5.16 Å². The molecule has 0 aliphatic heterocycles. The maximum Gasteiger partial charge on any atom is 0.223 e. The van der Waals surface area contributed by atoms with Gasteiger partial charge in [-0.05, 0) is 31.1 Å². The highest BCUT2D eigenvalue weighted by atomic mass is 16.4. The Morgan fingerprint density at radius 3 is 2.78 bits per heavy atom. The number of nitrogens with one attached hydrogen (secondary N) is 1. The lowest BCUT2D eigenvalue weighted by molar-refractivity contribution is -0.127. The largest absolute Gasteiger partial charge is 0.409 e. The summed E-state index contributed by atoms with van der Waals surface area (Å²) in [5, 5.41) is 14.3. The molecule has 0 spiro atoms. The number of nitrogens with two attached hydrogens (primary N) is 1. The molecule has 18 heavy (non-hydrogen) atoms. The zero-order valence-corrected chi connectivity index (χ0v) is 11.4. The predicted molar refractivity (Wildman–Crippen MR) is 71.4 cm³/mol. The number of nitrogens with zero attached hydrogens (tertiary/aromatic N) is 1. The van der Waals surface area contributed by atoms with E-state index >= 15 is 0 Å². The minimum atomic E-state index is 0.137. The van der Waals surface area contributed by atoms with Gasteiger partial charge in [0.05, 0.1) is 0 Å². The minimum Gasteiger partial charge on any atom is -0.409 e. The number of carbonyl (C=O) groups excluding carboxylic acids is 1. The van der Waals surface area contributed by atoms with Crippen LogP contribution in [0.25, 0.3) is 0 Å². The Morgan fingerprint density at radius 2 is 2.22 bits per heavy atom. The Balaban J connectivity index is 2.18. The number of unbranched alkanes of at least 4 members (excludes halogenated alkanes) is 1. The monoisotopic (exact) mass is 255 g/mol. The molecule has 104 valence electrons. The average Bonchev–Trinajstić information content (AvgIpc) is 2.68.